The van der Waals surface area contributed by atoms with E-state index in [0.717, 1.165) is 18.5 Å². The van der Waals surface area contributed by atoms with Crippen LogP contribution in [0.5, 0.6) is 0 Å². The lowest BCUT2D eigenvalue weighted by atomic mass is 10.7. The fraction of sp³-hybridized carbons (Fsp3) is 0.750. The van der Waals surface area contributed by atoms with Crippen molar-refractivity contribution in [3.8, 4) is 0 Å². The highest BCUT2D eigenvalue weighted by Crippen LogP contribution is 2.41. The normalized spacial score (nSPS) is 18.8. The molecule has 1 aliphatic heterocycles. The molecule has 3 nitrogen and oxygen atoms in total. The Labute approximate surface area is 84.0 Å². The summed E-state index contributed by atoms with van der Waals surface area (Å²) in [6.45, 7) is 1.42. The van der Waals surface area contributed by atoms with Crippen molar-refractivity contribution in [2.75, 3.05) is 13.1 Å². The fourth-order valence-electron chi connectivity index (χ4n) is 0.692. The predicted octanol–water partition coefficient (Wildman–Crippen LogP) is 1.80. The monoisotopic (exact) mass is 233 g/mol. The standard InChI is InChI=1S/C4H6Cl3N3S/c5-4(6,7)11-10-2-1-9-3(10)8/h1-2H2,(H2,8,9). The van der Waals surface area contributed by atoms with Crippen molar-refractivity contribution >= 4 is 52.7 Å². The molecule has 64 valence electrons. The minimum Gasteiger partial charge on any atom is -0.354 e. The van der Waals surface area contributed by atoms with Crippen LogP contribution in [-0.2, 0) is 0 Å². The smallest absolute Gasteiger partial charge is 0.256 e. The predicted molar refractivity (Wildman–Crippen MR) is 50.3 cm³/mol. The van der Waals surface area contributed by atoms with Crippen LogP contribution in [-0.4, -0.2) is 26.5 Å². The molecule has 0 aliphatic carbocycles. The van der Waals surface area contributed by atoms with Crippen LogP contribution < -0.4 is 5.32 Å². The van der Waals surface area contributed by atoms with E-state index in [-0.39, 0.29) is 0 Å². The van der Waals surface area contributed by atoms with Crippen LogP contribution in [0.25, 0.3) is 0 Å². The van der Waals surface area contributed by atoms with Gasteiger partial charge in [-0.2, -0.15) is 0 Å². The molecule has 0 aromatic heterocycles. The van der Waals surface area contributed by atoms with Crippen molar-refractivity contribution in [1.29, 1.82) is 5.41 Å². The van der Waals surface area contributed by atoms with Gasteiger partial charge in [-0.25, -0.2) is 0 Å². The third-order valence-electron chi connectivity index (χ3n) is 1.07. The molecule has 1 fully saturated rings. The Morgan fingerprint density at radius 2 is 2.18 bits per heavy atom. The van der Waals surface area contributed by atoms with E-state index in [9.17, 15) is 0 Å². The molecular weight excluding hydrogens is 228 g/mol. The zero-order chi connectivity index (χ0) is 8.48. The van der Waals surface area contributed by atoms with E-state index in [1.165, 1.54) is 0 Å². The average Bonchev–Trinajstić information content (AvgIpc) is 2.12. The Kier molecular flexibility index (Phi) is 3.02. The number of nitrogens with zero attached hydrogens (tertiary/aromatic N) is 1. The minimum atomic E-state index is -1.38. The largest absolute Gasteiger partial charge is 0.354 e. The number of guanidine groups is 1. The topological polar surface area (TPSA) is 39.1 Å². The van der Waals surface area contributed by atoms with Gasteiger partial charge >= 0.3 is 0 Å². The van der Waals surface area contributed by atoms with Crippen LogP contribution in [0, 0.1) is 5.41 Å². The molecule has 11 heavy (non-hydrogen) atoms. The first-order valence-corrected chi connectivity index (χ1v) is 4.75. The zero-order valence-electron chi connectivity index (χ0n) is 5.40. The molecule has 0 atom stereocenters. The summed E-state index contributed by atoms with van der Waals surface area (Å²) >= 11 is 17.5. The SMILES string of the molecule is N=C1NCCN1SC(Cl)(Cl)Cl. The van der Waals surface area contributed by atoms with Crippen LogP contribution in [0.4, 0.5) is 0 Å². The molecule has 0 radical (unpaired) electrons. The maximum atomic E-state index is 7.30. The van der Waals surface area contributed by atoms with Gasteiger partial charge < -0.3 is 5.32 Å². The summed E-state index contributed by atoms with van der Waals surface area (Å²) in [5.74, 6) is 0.293. The van der Waals surface area contributed by atoms with Gasteiger partial charge in [0.2, 0.25) is 5.96 Å². The van der Waals surface area contributed by atoms with E-state index in [2.05, 4.69) is 5.32 Å². The molecule has 0 spiro atoms. The van der Waals surface area contributed by atoms with Gasteiger partial charge in [-0.15, -0.1) is 0 Å². The number of alkyl halides is 3. The van der Waals surface area contributed by atoms with Gasteiger partial charge in [0.15, 0.2) is 0 Å². The quantitative estimate of drug-likeness (QED) is 0.537. The Balaban J connectivity index is 2.43. The van der Waals surface area contributed by atoms with Gasteiger partial charge in [0.25, 0.3) is 3.12 Å². The second-order valence-electron chi connectivity index (χ2n) is 1.91. The third-order valence-corrected chi connectivity index (χ3v) is 2.48. The van der Waals surface area contributed by atoms with Gasteiger partial charge in [0.1, 0.15) is 0 Å². The molecule has 0 aromatic rings. The average molecular weight is 235 g/mol. The number of rotatable bonds is 1. The maximum Gasteiger partial charge on any atom is 0.256 e. The third kappa shape index (κ3) is 3.15. The second-order valence-corrected chi connectivity index (χ2v) is 6.10. The first-order chi connectivity index (χ1) is 4.99. The van der Waals surface area contributed by atoms with Crippen molar-refractivity contribution in [3.63, 3.8) is 0 Å². The van der Waals surface area contributed by atoms with Gasteiger partial charge in [0, 0.05) is 25.0 Å². The van der Waals surface area contributed by atoms with E-state index in [0.29, 0.717) is 12.5 Å². The van der Waals surface area contributed by atoms with Crippen LogP contribution in [0.1, 0.15) is 0 Å². The molecule has 1 saturated heterocycles. The lowest BCUT2D eigenvalue weighted by Crippen LogP contribution is -2.25. The summed E-state index contributed by atoms with van der Waals surface area (Å²) < 4.78 is 0.228. The Bertz CT molecular complexity index is 168. The van der Waals surface area contributed by atoms with E-state index in [4.69, 9.17) is 40.2 Å². The Morgan fingerprint density at radius 1 is 1.55 bits per heavy atom. The molecule has 7 heteroatoms. The van der Waals surface area contributed by atoms with Crippen LogP contribution in [0.15, 0.2) is 0 Å². The molecule has 0 amide bonds. The van der Waals surface area contributed by atoms with Crippen LogP contribution in [0.2, 0.25) is 0 Å². The van der Waals surface area contributed by atoms with Gasteiger partial charge in [0.05, 0.1) is 0 Å². The number of halogens is 3. The highest BCUT2D eigenvalue weighted by Gasteiger charge is 2.29. The van der Waals surface area contributed by atoms with Gasteiger partial charge in [-0.05, 0) is 0 Å². The number of hydrogen-bond donors (Lipinski definition) is 2. The fourth-order valence-corrected chi connectivity index (χ4v) is 2.03. The van der Waals surface area contributed by atoms with Crippen molar-refractivity contribution in [2.24, 2.45) is 0 Å². The molecule has 2 N–H and O–H groups in total. The summed E-state index contributed by atoms with van der Waals surface area (Å²) in [7, 11) is 0. The van der Waals surface area contributed by atoms with Crippen molar-refractivity contribution in [3.05, 3.63) is 0 Å². The maximum absolute atomic E-state index is 7.30. The second kappa shape index (κ2) is 3.47. The molecular formula is C4H6Cl3N3S. The molecule has 0 aromatic carbocycles. The van der Waals surface area contributed by atoms with E-state index in [1.807, 2.05) is 0 Å². The molecule has 0 unspecified atom stereocenters. The van der Waals surface area contributed by atoms with Crippen molar-refractivity contribution in [2.45, 2.75) is 3.12 Å². The van der Waals surface area contributed by atoms with E-state index < -0.39 is 3.12 Å². The van der Waals surface area contributed by atoms with Crippen LogP contribution in [0.3, 0.4) is 0 Å². The summed E-state index contributed by atoms with van der Waals surface area (Å²) in [5, 5.41) is 10.1. The highest BCUT2D eigenvalue weighted by molar-refractivity contribution is 8.03. The lowest BCUT2D eigenvalue weighted by molar-refractivity contribution is 0.743. The summed E-state index contributed by atoms with van der Waals surface area (Å²) in [6, 6.07) is 0. The first kappa shape index (κ1) is 9.58. The van der Waals surface area contributed by atoms with Gasteiger partial charge in [-0.3, -0.25) is 9.71 Å². The summed E-state index contributed by atoms with van der Waals surface area (Å²) in [6.07, 6.45) is 0. The summed E-state index contributed by atoms with van der Waals surface area (Å²) in [4.78, 5) is 0. The van der Waals surface area contributed by atoms with Gasteiger partial charge in [-0.1, -0.05) is 34.8 Å². The summed E-state index contributed by atoms with van der Waals surface area (Å²) in [5.41, 5.74) is 0. The first-order valence-electron chi connectivity index (χ1n) is 2.85. The van der Waals surface area contributed by atoms with Crippen molar-refractivity contribution < 1.29 is 0 Å². The van der Waals surface area contributed by atoms with E-state index >= 15 is 0 Å². The molecule has 0 bridgehead atoms. The molecule has 0 saturated carbocycles. The Morgan fingerprint density at radius 3 is 2.55 bits per heavy atom. The van der Waals surface area contributed by atoms with E-state index in [1.54, 1.807) is 4.31 Å². The van der Waals surface area contributed by atoms with Crippen LogP contribution >= 0.6 is 46.8 Å². The molecule has 1 heterocycles. The highest BCUT2D eigenvalue weighted by atomic mass is 35.6. The molecule has 1 aliphatic rings. The zero-order valence-corrected chi connectivity index (χ0v) is 8.49. The number of nitrogens with one attached hydrogen (secondary N) is 2. The Hall–Kier alpha value is 0.490. The molecule has 1 rings (SSSR count). The minimum absolute atomic E-state index is 0.293. The van der Waals surface area contributed by atoms with Crippen molar-refractivity contribution in [1.82, 2.24) is 9.62 Å². The lowest BCUT2D eigenvalue weighted by Gasteiger charge is -2.19. The number of hydrogen-bond acceptors (Lipinski definition) is 2.